The molecule has 2 bridgehead atoms. The lowest BCUT2D eigenvalue weighted by atomic mass is 9.59. The molecule has 6 heteroatoms. The minimum atomic E-state index is -0.487. The van der Waals surface area contributed by atoms with Crippen molar-refractivity contribution in [3.8, 4) is 0 Å². The van der Waals surface area contributed by atoms with E-state index in [1.54, 1.807) is 0 Å². The summed E-state index contributed by atoms with van der Waals surface area (Å²) in [5.74, 6) is 0.949. The van der Waals surface area contributed by atoms with Gasteiger partial charge in [0.15, 0.2) is 0 Å². The minimum Gasteiger partial charge on any atom is -0.462 e. The van der Waals surface area contributed by atoms with Gasteiger partial charge in [0.2, 0.25) is 0 Å². The summed E-state index contributed by atoms with van der Waals surface area (Å²) in [6.45, 7) is 16.9. The zero-order valence-corrected chi connectivity index (χ0v) is 24.6. The first-order chi connectivity index (χ1) is 17.9. The molecule has 4 rings (SSSR count). The lowest BCUT2D eigenvalue weighted by Gasteiger charge is -2.45. The molecule has 0 N–H and O–H groups in total. The summed E-state index contributed by atoms with van der Waals surface area (Å²) < 4.78 is 17.8. The molecule has 4 aliphatic rings. The van der Waals surface area contributed by atoms with Gasteiger partial charge in [0.25, 0.3) is 0 Å². The van der Waals surface area contributed by atoms with E-state index in [4.69, 9.17) is 14.2 Å². The molecule has 3 aliphatic heterocycles. The molecule has 0 aromatic carbocycles. The molecule has 6 nitrogen and oxygen atoms in total. The maximum atomic E-state index is 13.2. The molecule has 3 saturated heterocycles. The fourth-order valence-corrected chi connectivity index (χ4v) is 8.35. The second kappa shape index (κ2) is 11.2. The molecule has 0 aromatic rings. The van der Waals surface area contributed by atoms with Crippen LogP contribution in [0.2, 0.25) is 0 Å². The third-order valence-corrected chi connectivity index (χ3v) is 10.5. The molecule has 0 aromatic heterocycles. The van der Waals surface area contributed by atoms with Gasteiger partial charge in [-0.2, -0.15) is 0 Å². The summed E-state index contributed by atoms with van der Waals surface area (Å²) in [5, 5.41) is 0. The van der Waals surface area contributed by atoms with Gasteiger partial charge in [0, 0.05) is 23.8 Å². The van der Waals surface area contributed by atoms with Crippen molar-refractivity contribution in [3.05, 3.63) is 23.5 Å². The maximum Gasteiger partial charge on any atom is 0.333 e. The van der Waals surface area contributed by atoms with Crippen molar-refractivity contribution >= 4 is 17.9 Å². The summed E-state index contributed by atoms with van der Waals surface area (Å²) in [7, 11) is 0. The molecular formula is C32H48O6. The van der Waals surface area contributed by atoms with Crippen LogP contribution in [-0.2, 0) is 28.6 Å². The molecule has 9 unspecified atom stereocenters. The SMILES string of the molecule is C/C=C1\CCC(C(C(C)C(C)C2CC/C(=C/C(C)C)OC2=O)C(C)C2C3CCC2(C(C)C)C(=O)O3)OC1=O. The van der Waals surface area contributed by atoms with Crippen molar-refractivity contribution in [2.24, 2.45) is 52.8 Å². The van der Waals surface area contributed by atoms with E-state index in [1.165, 1.54) is 0 Å². The predicted octanol–water partition coefficient (Wildman–Crippen LogP) is 6.63. The minimum absolute atomic E-state index is 0.00554. The Morgan fingerprint density at radius 3 is 2.16 bits per heavy atom. The second-order valence-corrected chi connectivity index (χ2v) is 13.1. The Bertz CT molecular complexity index is 992. The van der Waals surface area contributed by atoms with E-state index in [-0.39, 0.29) is 71.5 Å². The second-order valence-electron chi connectivity index (χ2n) is 13.1. The van der Waals surface area contributed by atoms with Crippen LogP contribution in [0.1, 0.15) is 93.9 Å². The first-order valence-electron chi connectivity index (χ1n) is 14.9. The van der Waals surface area contributed by atoms with Gasteiger partial charge < -0.3 is 14.2 Å². The van der Waals surface area contributed by atoms with Crippen LogP contribution >= 0.6 is 0 Å². The first-order valence-corrected chi connectivity index (χ1v) is 14.9. The van der Waals surface area contributed by atoms with Crippen molar-refractivity contribution in [1.29, 1.82) is 0 Å². The Hall–Kier alpha value is -2.11. The van der Waals surface area contributed by atoms with Crippen molar-refractivity contribution in [2.45, 2.75) is 106 Å². The maximum absolute atomic E-state index is 13.2. The molecule has 4 fully saturated rings. The highest BCUT2D eigenvalue weighted by Crippen LogP contribution is 2.61. The van der Waals surface area contributed by atoms with Gasteiger partial charge in [-0.15, -0.1) is 0 Å². The van der Waals surface area contributed by atoms with Crippen LogP contribution in [0, 0.1) is 52.8 Å². The number of ether oxygens (including phenoxy) is 3. The monoisotopic (exact) mass is 528 g/mol. The van der Waals surface area contributed by atoms with E-state index in [0.717, 1.165) is 43.4 Å². The Morgan fingerprint density at radius 1 is 0.895 bits per heavy atom. The molecule has 3 heterocycles. The normalized spacial score (nSPS) is 36.8. The number of hydrogen-bond donors (Lipinski definition) is 0. The van der Waals surface area contributed by atoms with E-state index in [9.17, 15) is 14.4 Å². The summed E-state index contributed by atoms with van der Waals surface area (Å²) >= 11 is 0. The van der Waals surface area contributed by atoms with E-state index < -0.39 is 5.41 Å². The van der Waals surface area contributed by atoms with Crippen molar-refractivity contribution in [2.75, 3.05) is 0 Å². The quantitative estimate of drug-likeness (QED) is 0.200. The summed E-state index contributed by atoms with van der Waals surface area (Å²) in [6, 6.07) is 0. The zero-order valence-electron chi connectivity index (χ0n) is 24.6. The van der Waals surface area contributed by atoms with Crippen molar-refractivity contribution in [3.63, 3.8) is 0 Å². The zero-order chi connectivity index (χ0) is 27.9. The lowest BCUT2D eigenvalue weighted by molar-refractivity contribution is -0.160. The van der Waals surface area contributed by atoms with E-state index in [1.807, 2.05) is 19.1 Å². The molecule has 1 aliphatic carbocycles. The Labute approximate surface area is 228 Å². The summed E-state index contributed by atoms with van der Waals surface area (Å²) in [6.07, 6.45) is 8.26. The number of fused-ring (bicyclic) bond motifs is 2. The highest BCUT2D eigenvalue weighted by atomic mass is 16.6. The molecular weight excluding hydrogens is 480 g/mol. The van der Waals surface area contributed by atoms with Crippen LogP contribution in [0.15, 0.2) is 23.5 Å². The van der Waals surface area contributed by atoms with Crippen molar-refractivity contribution < 1.29 is 28.6 Å². The van der Waals surface area contributed by atoms with Gasteiger partial charge in [-0.25, -0.2) is 4.79 Å². The average Bonchev–Trinajstić information content (AvgIpc) is 3.37. The van der Waals surface area contributed by atoms with E-state index in [0.29, 0.717) is 12.3 Å². The third kappa shape index (κ3) is 4.97. The Balaban J connectivity index is 1.63. The topological polar surface area (TPSA) is 78.9 Å². The average molecular weight is 529 g/mol. The predicted molar refractivity (Wildman–Crippen MR) is 145 cm³/mol. The number of carbonyl (C=O) groups is 3. The lowest BCUT2D eigenvalue weighted by Crippen LogP contribution is -2.48. The highest BCUT2D eigenvalue weighted by Gasteiger charge is 2.66. The molecule has 9 atom stereocenters. The smallest absolute Gasteiger partial charge is 0.333 e. The van der Waals surface area contributed by atoms with Crippen LogP contribution in [-0.4, -0.2) is 30.1 Å². The van der Waals surface area contributed by atoms with Crippen LogP contribution < -0.4 is 0 Å². The fourth-order valence-electron chi connectivity index (χ4n) is 8.35. The number of allylic oxidation sites excluding steroid dienone is 3. The third-order valence-electron chi connectivity index (χ3n) is 10.5. The van der Waals surface area contributed by atoms with Gasteiger partial charge in [-0.3, -0.25) is 9.59 Å². The molecule has 0 spiro atoms. The standard InChI is InChI=1S/C32H48O6/c1-9-22-10-13-25(37-29(22)33)27(21(8)28-26-14-15-32(28,18(4)5)31(35)38-26)20(7)19(6)24-12-11-23(16-17(2)3)36-30(24)34/h9,16-21,24-28H,10-15H2,1-8H3/b22-9+,23-16-. The largest absolute Gasteiger partial charge is 0.462 e. The molecule has 1 saturated carbocycles. The first kappa shape index (κ1) is 28.9. The van der Waals surface area contributed by atoms with Gasteiger partial charge >= 0.3 is 17.9 Å². The molecule has 38 heavy (non-hydrogen) atoms. The number of hydrogen-bond acceptors (Lipinski definition) is 6. The number of carbonyl (C=O) groups excluding carboxylic acids is 3. The van der Waals surface area contributed by atoms with Gasteiger partial charge in [0.1, 0.15) is 18.0 Å². The summed E-state index contributed by atoms with van der Waals surface area (Å²) in [5.41, 5.74) is 0.241. The molecule has 0 amide bonds. The number of esters is 3. The molecule has 212 valence electrons. The fraction of sp³-hybridized carbons (Fsp3) is 0.781. The van der Waals surface area contributed by atoms with E-state index >= 15 is 0 Å². The Kier molecular flexibility index (Phi) is 8.49. The van der Waals surface area contributed by atoms with Crippen LogP contribution in [0.5, 0.6) is 0 Å². The van der Waals surface area contributed by atoms with Gasteiger partial charge in [-0.1, -0.05) is 54.5 Å². The molecule has 0 radical (unpaired) electrons. The van der Waals surface area contributed by atoms with E-state index in [2.05, 4.69) is 48.5 Å². The highest BCUT2D eigenvalue weighted by molar-refractivity contribution is 5.89. The van der Waals surface area contributed by atoms with Crippen LogP contribution in [0.25, 0.3) is 0 Å². The Morgan fingerprint density at radius 2 is 1.61 bits per heavy atom. The van der Waals surface area contributed by atoms with Crippen LogP contribution in [0.3, 0.4) is 0 Å². The number of cyclic esters (lactones) is 2. The van der Waals surface area contributed by atoms with Crippen LogP contribution in [0.4, 0.5) is 0 Å². The van der Waals surface area contributed by atoms with Gasteiger partial charge in [0.05, 0.1) is 11.3 Å². The number of rotatable bonds is 8. The van der Waals surface area contributed by atoms with Gasteiger partial charge in [-0.05, 0) is 74.7 Å². The summed E-state index contributed by atoms with van der Waals surface area (Å²) in [4.78, 5) is 39.2. The van der Waals surface area contributed by atoms with Crippen molar-refractivity contribution in [1.82, 2.24) is 0 Å².